The summed E-state index contributed by atoms with van der Waals surface area (Å²) in [6.07, 6.45) is 0. The maximum Gasteiger partial charge on any atom is 0.291 e. The zero-order valence-electron chi connectivity index (χ0n) is 12.5. The molecule has 1 fully saturated rings. The molecule has 1 aliphatic rings. The normalized spacial score (nSPS) is 17.6. The first kappa shape index (κ1) is 15.0. The fraction of sp³-hybridized carbons (Fsp3) is 0.250. The van der Waals surface area contributed by atoms with E-state index >= 15 is 0 Å². The van der Waals surface area contributed by atoms with Gasteiger partial charge in [0.1, 0.15) is 11.7 Å². The minimum Gasteiger partial charge on any atom is -0.360 e. The smallest absolute Gasteiger partial charge is 0.291 e. The summed E-state index contributed by atoms with van der Waals surface area (Å²) in [5.41, 5.74) is 0.904. The molecule has 3 rings (SSSR count). The van der Waals surface area contributed by atoms with Crippen LogP contribution in [0.3, 0.4) is 0 Å². The molecule has 1 aromatic carbocycles. The van der Waals surface area contributed by atoms with Crippen molar-refractivity contribution in [3.05, 3.63) is 47.7 Å². The van der Waals surface area contributed by atoms with Crippen LogP contribution in [-0.4, -0.2) is 34.2 Å². The SMILES string of the molecule is Cc1cc(NC(=O)C2CN(Cc3ccccc3)C(=O)C2=O)no1. The molecule has 1 N–H and O–H groups in total. The van der Waals surface area contributed by atoms with E-state index in [1.165, 1.54) is 4.90 Å². The molecule has 1 atom stereocenters. The summed E-state index contributed by atoms with van der Waals surface area (Å²) >= 11 is 0. The molecule has 0 spiro atoms. The lowest BCUT2D eigenvalue weighted by molar-refractivity contribution is -0.142. The van der Waals surface area contributed by atoms with Gasteiger partial charge in [0.2, 0.25) is 11.7 Å². The van der Waals surface area contributed by atoms with Crippen LogP contribution in [0.2, 0.25) is 0 Å². The van der Waals surface area contributed by atoms with Gasteiger partial charge in [0.05, 0.1) is 0 Å². The Morgan fingerprint density at radius 3 is 2.74 bits per heavy atom. The van der Waals surface area contributed by atoms with Crippen molar-refractivity contribution in [2.45, 2.75) is 13.5 Å². The summed E-state index contributed by atoms with van der Waals surface area (Å²) in [4.78, 5) is 37.7. The van der Waals surface area contributed by atoms with E-state index in [4.69, 9.17) is 4.52 Å². The number of ketones is 1. The van der Waals surface area contributed by atoms with Crippen molar-refractivity contribution in [1.29, 1.82) is 0 Å². The Kier molecular flexibility index (Phi) is 3.92. The van der Waals surface area contributed by atoms with Gasteiger partial charge < -0.3 is 14.7 Å². The van der Waals surface area contributed by atoms with Gasteiger partial charge in [-0.2, -0.15) is 0 Å². The predicted octanol–water partition coefficient (Wildman–Crippen LogP) is 1.15. The molecular weight excluding hydrogens is 298 g/mol. The number of nitrogens with one attached hydrogen (secondary N) is 1. The molecule has 1 saturated heterocycles. The fourth-order valence-corrected chi connectivity index (χ4v) is 2.47. The van der Waals surface area contributed by atoms with Crippen molar-refractivity contribution in [2.24, 2.45) is 5.92 Å². The molecule has 2 aromatic rings. The quantitative estimate of drug-likeness (QED) is 0.675. The van der Waals surface area contributed by atoms with Gasteiger partial charge in [0.25, 0.3) is 5.91 Å². The van der Waals surface area contributed by atoms with Crippen LogP contribution in [0.1, 0.15) is 11.3 Å². The van der Waals surface area contributed by atoms with Gasteiger partial charge in [-0.05, 0) is 12.5 Å². The minimum atomic E-state index is -1.02. The number of aryl methyl sites for hydroxylation is 1. The first-order chi connectivity index (χ1) is 11.0. The molecule has 1 aromatic heterocycles. The van der Waals surface area contributed by atoms with E-state index < -0.39 is 23.5 Å². The van der Waals surface area contributed by atoms with Crippen molar-refractivity contribution in [2.75, 3.05) is 11.9 Å². The largest absolute Gasteiger partial charge is 0.360 e. The van der Waals surface area contributed by atoms with Crippen LogP contribution in [0.15, 0.2) is 40.9 Å². The summed E-state index contributed by atoms with van der Waals surface area (Å²) in [6, 6.07) is 10.9. The molecule has 0 bridgehead atoms. The number of likely N-dealkylation sites (tertiary alicyclic amines) is 1. The zero-order chi connectivity index (χ0) is 16.4. The van der Waals surface area contributed by atoms with Gasteiger partial charge in [0, 0.05) is 19.2 Å². The Morgan fingerprint density at radius 1 is 1.35 bits per heavy atom. The maximum absolute atomic E-state index is 12.2. The lowest BCUT2D eigenvalue weighted by Crippen LogP contribution is -2.29. The van der Waals surface area contributed by atoms with Crippen LogP contribution in [0.5, 0.6) is 0 Å². The lowest BCUT2D eigenvalue weighted by atomic mass is 10.1. The number of amides is 2. The molecule has 0 aliphatic carbocycles. The molecule has 23 heavy (non-hydrogen) atoms. The molecule has 7 nitrogen and oxygen atoms in total. The standard InChI is InChI=1S/C16H15N3O4/c1-10-7-13(18-23-10)17-15(21)12-9-19(16(22)14(12)20)8-11-5-3-2-4-6-11/h2-7,12H,8-9H2,1H3,(H,17,18,21). The summed E-state index contributed by atoms with van der Waals surface area (Å²) in [7, 11) is 0. The second kappa shape index (κ2) is 6.04. The zero-order valence-corrected chi connectivity index (χ0v) is 12.5. The molecular formula is C16H15N3O4. The third-order valence-electron chi connectivity index (χ3n) is 3.63. The monoisotopic (exact) mass is 313 g/mol. The third-order valence-corrected chi connectivity index (χ3v) is 3.63. The van der Waals surface area contributed by atoms with Crippen molar-refractivity contribution >= 4 is 23.4 Å². The number of hydrogen-bond donors (Lipinski definition) is 1. The molecule has 1 unspecified atom stereocenters. The van der Waals surface area contributed by atoms with Crippen LogP contribution in [0.4, 0.5) is 5.82 Å². The van der Waals surface area contributed by atoms with Gasteiger partial charge in [-0.1, -0.05) is 35.5 Å². The summed E-state index contributed by atoms with van der Waals surface area (Å²) in [5.74, 6) is -2.13. The summed E-state index contributed by atoms with van der Waals surface area (Å²) in [5, 5.41) is 6.14. The Hall–Kier alpha value is -2.96. The number of aromatic nitrogens is 1. The highest BCUT2D eigenvalue weighted by Gasteiger charge is 2.43. The van der Waals surface area contributed by atoms with E-state index in [0.717, 1.165) is 5.56 Å². The summed E-state index contributed by atoms with van der Waals surface area (Å²) in [6.45, 7) is 2.06. The molecule has 1 aliphatic heterocycles. The van der Waals surface area contributed by atoms with Crippen LogP contribution >= 0.6 is 0 Å². The number of rotatable bonds is 4. The Morgan fingerprint density at radius 2 is 2.09 bits per heavy atom. The van der Waals surface area contributed by atoms with Gasteiger partial charge >= 0.3 is 0 Å². The maximum atomic E-state index is 12.2. The molecule has 118 valence electrons. The van der Waals surface area contributed by atoms with Gasteiger partial charge in [-0.25, -0.2) is 0 Å². The van der Waals surface area contributed by atoms with E-state index in [-0.39, 0.29) is 12.4 Å². The lowest BCUT2D eigenvalue weighted by Gasteiger charge is -2.15. The van der Waals surface area contributed by atoms with Crippen molar-refractivity contribution in [1.82, 2.24) is 10.1 Å². The highest BCUT2D eigenvalue weighted by Crippen LogP contribution is 2.19. The van der Waals surface area contributed by atoms with E-state index in [9.17, 15) is 14.4 Å². The van der Waals surface area contributed by atoms with Crippen molar-refractivity contribution in [3.63, 3.8) is 0 Å². The average Bonchev–Trinajstić information content (AvgIpc) is 3.06. The third kappa shape index (κ3) is 3.13. The second-order valence-corrected chi connectivity index (χ2v) is 5.40. The highest BCUT2D eigenvalue weighted by atomic mass is 16.5. The fourth-order valence-electron chi connectivity index (χ4n) is 2.47. The van der Waals surface area contributed by atoms with Crippen LogP contribution in [-0.2, 0) is 20.9 Å². The van der Waals surface area contributed by atoms with Gasteiger partial charge in [-0.3, -0.25) is 14.4 Å². The number of carbonyl (C=O) groups excluding carboxylic acids is 3. The Bertz CT molecular complexity index is 754. The number of Topliss-reactive ketones (excluding diaryl/α,β-unsaturated/α-hetero) is 1. The first-order valence-electron chi connectivity index (χ1n) is 7.16. The van der Waals surface area contributed by atoms with Crippen LogP contribution in [0.25, 0.3) is 0 Å². The van der Waals surface area contributed by atoms with E-state index in [2.05, 4.69) is 10.5 Å². The minimum absolute atomic E-state index is 0.0647. The first-order valence-corrected chi connectivity index (χ1v) is 7.16. The number of anilines is 1. The van der Waals surface area contributed by atoms with E-state index in [0.29, 0.717) is 12.3 Å². The molecule has 7 heteroatoms. The Labute approximate surface area is 132 Å². The number of benzene rings is 1. The van der Waals surface area contributed by atoms with Crippen LogP contribution in [0, 0.1) is 12.8 Å². The summed E-state index contributed by atoms with van der Waals surface area (Å²) < 4.78 is 4.85. The molecule has 2 amide bonds. The van der Waals surface area contributed by atoms with E-state index in [1.807, 2.05) is 30.3 Å². The van der Waals surface area contributed by atoms with Crippen molar-refractivity contribution < 1.29 is 18.9 Å². The number of carbonyl (C=O) groups is 3. The number of nitrogens with zero attached hydrogens (tertiary/aromatic N) is 2. The average molecular weight is 313 g/mol. The number of hydrogen-bond acceptors (Lipinski definition) is 5. The molecule has 0 radical (unpaired) electrons. The highest BCUT2D eigenvalue weighted by molar-refractivity contribution is 6.43. The van der Waals surface area contributed by atoms with Gasteiger partial charge in [-0.15, -0.1) is 0 Å². The molecule has 2 heterocycles. The Balaban J connectivity index is 1.68. The van der Waals surface area contributed by atoms with E-state index in [1.54, 1.807) is 13.0 Å². The van der Waals surface area contributed by atoms with Crippen molar-refractivity contribution in [3.8, 4) is 0 Å². The van der Waals surface area contributed by atoms with Crippen LogP contribution < -0.4 is 5.32 Å². The second-order valence-electron chi connectivity index (χ2n) is 5.40. The predicted molar refractivity (Wildman–Crippen MR) is 80.2 cm³/mol. The topological polar surface area (TPSA) is 92.5 Å². The van der Waals surface area contributed by atoms with Gasteiger partial charge in [0.15, 0.2) is 5.82 Å². The molecule has 0 saturated carbocycles.